The number of thiophene rings is 1. The quantitative estimate of drug-likeness (QED) is 0.865. The van der Waals surface area contributed by atoms with Gasteiger partial charge >= 0.3 is 0 Å². The number of anilines is 1. The molecule has 0 fully saturated rings. The highest BCUT2D eigenvalue weighted by atomic mass is 79.9. The van der Waals surface area contributed by atoms with Crippen LogP contribution in [0.3, 0.4) is 0 Å². The molecule has 1 aromatic carbocycles. The summed E-state index contributed by atoms with van der Waals surface area (Å²) in [4.78, 5) is 0.374. The van der Waals surface area contributed by atoms with Crippen molar-refractivity contribution < 1.29 is 12.8 Å². The zero-order chi connectivity index (χ0) is 15.8. The summed E-state index contributed by atoms with van der Waals surface area (Å²) in [5.41, 5.74) is 0.982. The van der Waals surface area contributed by atoms with Crippen LogP contribution in [0.25, 0.3) is 0 Å². The van der Waals surface area contributed by atoms with Crippen LogP contribution in [-0.2, 0) is 10.0 Å². The Kier molecular flexibility index (Phi) is 4.37. The zero-order valence-electron chi connectivity index (χ0n) is 11.1. The number of halogens is 2. The summed E-state index contributed by atoms with van der Waals surface area (Å²) < 4.78 is 41.0. The van der Waals surface area contributed by atoms with Crippen LogP contribution >= 0.6 is 27.3 Å². The van der Waals surface area contributed by atoms with Gasteiger partial charge in [-0.15, -0.1) is 11.3 Å². The lowest BCUT2D eigenvalue weighted by Gasteiger charge is -2.08. The lowest BCUT2D eigenvalue weighted by molar-refractivity contribution is 0.570. The zero-order valence-corrected chi connectivity index (χ0v) is 14.3. The number of benzene rings is 1. The Morgan fingerprint density at radius 3 is 2.62 bits per heavy atom. The molecule has 21 heavy (non-hydrogen) atoms. The van der Waals surface area contributed by atoms with E-state index < -0.39 is 20.7 Å². The van der Waals surface area contributed by atoms with Crippen molar-refractivity contribution in [1.29, 1.82) is 5.26 Å². The second kappa shape index (κ2) is 5.75. The summed E-state index contributed by atoms with van der Waals surface area (Å²) >= 11 is 4.22. The normalized spacial score (nSPS) is 11.2. The molecule has 0 aliphatic heterocycles. The topological polar surface area (TPSA) is 70.0 Å². The molecule has 0 spiro atoms. The van der Waals surface area contributed by atoms with Gasteiger partial charge in [-0.1, -0.05) is 15.9 Å². The second-order valence-electron chi connectivity index (χ2n) is 4.28. The number of nitrogens with zero attached hydrogens (tertiary/aromatic N) is 1. The first-order chi connectivity index (χ1) is 9.76. The van der Waals surface area contributed by atoms with E-state index in [1.807, 2.05) is 6.07 Å². The molecule has 1 heterocycles. The van der Waals surface area contributed by atoms with Crippen molar-refractivity contribution in [2.75, 3.05) is 4.72 Å². The third-order valence-electron chi connectivity index (χ3n) is 2.91. The molecular formula is C13H10BrFN2O2S2. The summed E-state index contributed by atoms with van der Waals surface area (Å²) in [5.74, 6) is -0.861. The van der Waals surface area contributed by atoms with Gasteiger partial charge < -0.3 is 0 Å². The van der Waals surface area contributed by atoms with E-state index in [1.165, 1.54) is 12.1 Å². The molecular weight excluding hydrogens is 379 g/mol. The van der Waals surface area contributed by atoms with Gasteiger partial charge in [-0.3, -0.25) is 4.72 Å². The molecule has 2 aromatic rings. The molecule has 0 aliphatic carbocycles. The summed E-state index contributed by atoms with van der Waals surface area (Å²) in [5, 5.41) is 9.32. The van der Waals surface area contributed by atoms with Crippen LogP contribution in [0.1, 0.15) is 16.0 Å². The molecule has 1 N–H and O–H groups in total. The minimum absolute atomic E-state index is 0.204. The maximum atomic E-state index is 13.8. The lowest BCUT2D eigenvalue weighted by atomic mass is 10.2. The van der Waals surface area contributed by atoms with Gasteiger partial charge in [0.1, 0.15) is 21.8 Å². The van der Waals surface area contributed by atoms with Crippen molar-refractivity contribution in [3.8, 4) is 6.07 Å². The van der Waals surface area contributed by atoms with E-state index in [1.54, 1.807) is 13.8 Å². The highest BCUT2D eigenvalue weighted by molar-refractivity contribution is 9.10. The smallest absolute Gasteiger partial charge is 0.265 e. The van der Waals surface area contributed by atoms with E-state index in [9.17, 15) is 12.8 Å². The average Bonchev–Trinajstić information content (AvgIpc) is 2.63. The first kappa shape index (κ1) is 15.9. The van der Waals surface area contributed by atoms with Crippen molar-refractivity contribution in [1.82, 2.24) is 0 Å². The molecule has 0 amide bonds. The largest absolute Gasteiger partial charge is 0.269 e. The maximum absolute atomic E-state index is 13.8. The molecule has 110 valence electrons. The summed E-state index contributed by atoms with van der Waals surface area (Å²) in [6, 6.07) is 5.64. The SMILES string of the molecule is Cc1sc(NS(=O)(=O)c2ccc(Br)cc2F)c(C#N)c1C. The molecule has 4 nitrogen and oxygen atoms in total. The maximum Gasteiger partial charge on any atom is 0.265 e. The average molecular weight is 389 g/mol. The fourth-order valence-electron chi connectivity index (χ4n) is 1.70. The van der Waals surface area contributed by atoms with E-state index in [2.05, 4.69) is 20.7 Å². The number of sulfonamides is 1. The molecule has 0 radical (unpaired) electrons. The number of nitrogens with one attached hydrogen (secondary N) is 1. The molecule has 0 aliphatic rings. The molecule has 0 saturated heterocycles. The van der Waals surface area contributed by atoms with Gasteiger partial charge in [-0.05, 0) is 37.6 Å². The Balaban J connectivity index is 2.48. The minimum atomic E-state index is -4.08. The van der Waals surface area contributed by atoms with Crippen molar-refractivity contribution in [2.24, 2.45) is 0 Å². The lowest BCUT2D eigenvalue weighted by Crippen LogP contribution is -2.14. The Hall–Kier alpha value is -1.43. The molecule has 2 rings (SSSR count). The van der Waals surface area contributed by atoms with Crippen LogP contribution in [0.15, 0.2) is 27.6 Å². The molecule has 0 unspecified atom stereocenters. The Bertz CT molecular complexity index is 854. The van der Waals surface area contributed by atoms with Crippen molar-refractivity contribution >= 4 is 42.3 Å². The van der Waals surface area contributed by atoms with Crippen LogP contribution < -0.4 is 4.72 Å². The van der Waals surface area contributed by atoms with E-state index in [-0.39, 0.29) is 10.6 Å². The minimum Gasteiger partial charge on any atom is -0.269 e. The van der Waals surface area contributed by atoms with E-state index >= 15 is 0 Å². The molecule has 0 bridgehead atoms. The van der Waals surface area contributed by atoms with Gasteiger partial charge in [0, 0.05) is 9.35 Å². The van der Waals surface area contributed by atoms with Crippen LogP contribution in [0, 0.1) is 31.0 Å². The number of aryl methyl sites for hydroxylation is 1. The molecule has 1 aromatic heterocycles. The fourth-order valence-corrected chi connectivity index (χ4v) is 4.41. The number of nitriles is 1. The van der Waals surface area contributed by atoms with Crippen molar-refractivity contribution in [3.05, 3.63) is 44.5 Å². The van der Waals surface area contributed by atoms with Gasteiger partial charge in [-0.2, -0.15) is 5.26 Å². The summed E-state index contributed by atoms with van der Waals surface area (Å²) in [6.07, 6.45) is 0. The third kappa shape index (κ3) is 3.10. The number of hydrogen-bond acceptors (Lipinski definition) is 4. The van der Waals surface area contributed by atoms with Gasteiger partial charge in [-0.25, -0.2) is 12.8 Å². The third-order valence-corrected chi connectivity index (χ3v) is 6.04. The van der Waals surface area contributed by atoms with Gasteiger partial charge in [0.15, 0.2) is 0 Å². The Labute approximate surface area is 134 Å². The van der Waals surface area contributed by atoms with Crippen LogP contribution in [-0.4, -0.2) is 8.42 Å². The van der Waals surface area contributed by atoms with Crippen LogP contribution in [0.2, 0.25) is 0 Å². The van der Waals surface area contributed by atoms with Crippen molar-refractivity contribution in [3.63, 3.8) is 0 Å². The standard InChI is InChI=1S/C13H10BrFN2O2S2/c1-7-8(2)20-13(10(7)6-16)17-21(18,19)12-4-3-9(14)5-11(12)15/h3-5,17H,1-2H3. The predicted molar refractivity (Wildman–Crippen MR) is 83.4 cm³/mol. The molecule has 0 atom stereocenters. The Morgan fingerprint density at radius 2 is 2.05 bits per heavy atom. The van der Waals surface area contributed by atoms with E-state index in [4.69, 9.17) is 5.26 Å². The second-order valence-corrected chi connectivity index (χ2v) is 8.07. The summed E-state index contributed by atoms with van der Waals surface area (Å²) in [7, 11) is -4.08. The van der Waals surface area contributed by atoms with Gasteiger partial charge in [0.05, 0.1) is 5.56 Å². The first-order valence-corrected chi connectivity index (χ1v) is 8.83. The monoisotopic (exact) mass is 388 g/mol. The first-order valence-electron chi connectivity index (χ1n) is 5.74. The molecule has 8 heteroatoms. The van der Waals surface area contributed by atoms with E-state index in [0.717, 1.165) is 27.8 Å². The molecule has 0 saturated carbocycles. The van der Waals surface area contributed by atoms with Gasteiger partial charge in [0.25, 0.3) is 10.0 Å². The van der Waals surface area contributed by atoms with Gasteiger partial charge in [0.2, 0.25) is 0 Å². The van der Waals surface area contributed by atoms with E-state index in [0.29, 0.717) is 4.47 Å². The number of rotatable bonds is 3. The highest BCUT2D eigenvalue weighted by Gasteiger charge is 2.23. The summed E-state index contributed by atoms with van der Waals surface area (Å²) in [6.45, 7) is 3.53. The van der Waals surface area contributed by atoms with Crippen molar-refractivity contribution in [2.45, 2.75) is 18.7 Å². The van der Waals surface area contributed by atoms with Crippen LogP contribution in [0.5, 0.6) is 0 Å². The predicted octanol–water partition coefficient (Wildman–Crippen LogP) is 3.94. The number of hydrogen-bond donors (Lipinski definition) is 1. The Morgan fingerprint density at radius 1 is 1.38 bits per heavy atom. The highest BCUT2D eigenvalue weighted by Crippen LogP contribution is 2.33. The van der Waals surface area contributed by atoms with Crippen LogP contribution in [0.4, 0.5) is 9.39 Å². The fraction of sp³-hybridized carbons (Fsp3) is 0.154.